The molecule has 1 aliphatic heterocycles. The highest BCUT2D eigenvalue weighted by atomic mass is 35.5. The fourth-order valence-corrected chi connectivity index (χ4v) is 2.75. The van der Waals surface area contributed by atoms with Gasteiger partial charge in [0.25, 0.3) is 5.91 Å². The maximum absolute atomic E-state index is 12.6. The van der Waals surface area contributed by atoms with E-state index in [9.17, 15) is 9.90 Å². The molecule has 0 aromatic heterocycles. The second kappa shape index (κ2) is 6.43. The lowest BCUT2D eigenvalue weighted by molar-refractivity contribution is 0.0139. The zero-order chi connectivity index (χ0) is 14.7. The SMILES string of the molecule is COC1CCN(C(=O)c2cc(O)ccc2Cl)C(CN)C1. The number of carbonyl (C=O) groups is 1. The molecule has 1 aromatic rings. The topological polar surface area (TPSA) is 75.8 Å². The molecule has 0 radical (unpaired) electrons. The number of halogens is 1. The average Bonchev–Trinajstić information content (AvgIpc) is 2.48. The van der Waals surface area contributed by atoms with Crippen LogP contribution < -0.4 is 5.73 Å². The lowest BCUT2D eigenvalue weighted by Crippen LogP contribution is -2.51. The minimum Gasteiger partial charge on any atom is -0.508 e. The van der Waals surface area contributed by atoms with Gasteiger partial charge in [0.05, 0.1) is 16.7 Å². The quantitative estimate of drug-likeness (QED) is 0.889. The van der Waals surface area contributed by atoms with Crippen molar-refractivity contribution >= 4 is 17.5 Å². The summed E-state index contributed by atoms with van der Waals surface area (Å²) < 4.78 is 5.34. The fourth-order valence-electron chi connectivity index (χ4n) is 2.55. The van der Waals surface area contributed by atoms with Gasteiger partial charge in [-0.1, -0.05) is 11.6 Å². The van der Waals surface area contributed by atoms with Crippen LogP contribution in [0.4, 0.5) is 0 Å². The lowest BCUT2D eigenvalue weighted by Gasteiger charge is -2.38. The van der Waals surface area contributed by atoms with E-state index < -0.39 is 0 Å². The van der Waals surface area contributed by atoms with Gasteiger partial charge in [-0.2, -0.15) is 0 Å². The number of rotatable bonds is 3. The van der Waals surface area contributed by atoms with Crippen molar-refractivity contribution in [3.8, 4) is 5.75 Å². The Kier molecular flexibility index (Phi) is 4.86. The van der Waals surface area contributed by atoms with E-state index in [0.29, 0.717) is 23.7 Å². The summed E-state index contributed by atoms with van der Waals surface area (Å²) in [5, 5.41) is 9.84. The maximum atomic E-state index is 12.6. The van der Waals surface area contributed by atoms with Crippen LogP contribution in [0.15, 0.2) is 18.2 Å². The standard InChI is InChI=1S/C14H19ClN2O3/c1-20-11-4-5-17(9(6-11)8-16)14(19)12-7-10(18)2-3-13(12)15/h2-3,7,9,11,18H,4-6,8,16H2,1H3. The monoisotopic (exact) mass is 298 g/mol. The number of methoxy groups -OCH3 is 1. The fraction of sp³-hybridized carbons (Fsp3) is 0.500. The van der Waals surface area contributed by atoms with Crippen molar-refractivity contribution < 1.29 is 14.6 Å². The van der Waals surface area contributed by atoms with E-state index in [1.54, 1.807) is 12.0 Å². The smallest absolute Gasteiger partial charge is 0.255 e. The molecule has 2 unspecified atom stereocenters. The van der Waals surface area contributed by atoms with Crippen LogP contribution in [0.3, 0.4) is 0 Å². The van der Waals surface area contributed by atoms with Crippen LogP contribution in [0.2, 0.25) is 5.02 Å². The summed E-state index contributed by atoms with van der Waals surface area (Å²) in [6.45, 7) is 0.952. The van der Waals surface area contributed by atoms with E-state index in [4.69, 9.17) is 22.1 Å². The molecule has 5 nitrogen and oxygen atoms in total. The molecular weight excluding hydrogens is 280 g/mol. The summed E-state index contributed by atoms with van der Waals surface area (Å²) in [6, 6.07) is 4.29. The average molecular weight is 299 g/mol. The summed E-state index contributed by atoms with van der Waals surface area (Å²) in [4.78, 5) is 14.3. The number of benzene rings is 1. The van der Waals surface area contributed by atoms with Crippen LogP contribution >= 0.6 is 11.6 Å². The number of nitrogens with two attached hydrogens (primary N) is 1. The third-order valence-corrected chi connectivity index (χ3v) is 4.04. The molecule has 0 spiro atoms. The van der Waals surface area contributed by atoms with Gasteiger partial charge in [0.15, 0.2) is 0 Å². The van der Waals surface area contributed by atoms with Crippen LogP contribution in [-0.2, 0) is 4.74 Å². The molecular formula is C14H19ClN2O3. The Morgan fingerprint density at radius 1 is 1.60 bits per heavy atom. The normalized spacial score (nSPS) is 22.9. The Labute approximate surface area is 123 Å². The summed E-state index contributed by atoms with van der Waals surface area (Å²) >= 11 is 6.04. The molecule has 2 rings (SSSR count). The van der Waals surface area contributed by atoms with Crippen molar-refractivity contribution in [1.82, 2.24) is 4.90 Å². The van der Waals surface area contributed by atoms with Crippen molar-refractivity contribution in [1.29, 1.82) is 0 Å². The van der Waals surface area contributed by atoms with Gasteiger partial charge in [0, 0.05) is 26.2 Å². The van der Waals surface area contributed by atoms with Gasteiger partial charge < -0.3 is 20.5 Å². The van der Waals surface area contributed by atoms with Gasteiger partial charge in [-0.15, -0.1) is 0 Å². The largest absolute Gasteiger partial charge is 0.508 e. The number of piperidine rings is 1. The number of amides is 1. The number of hydrogen-bond acceptors (Lipinski definition) is 4. The van der Waals surface area contributed by atoms with Gasteiger partial charge in [-0.25, -0.2) is 0 Å². The zero-order valence-corrected chi connectivity index (χ0v) is 12.1. The first kappa shape index (κ1) is 15.1. The Morgan fingerprint density at radius 3 is 3.00 bits per heavy atom. The summed E-state index contributed by atoms with van der Waals surface area (Å²) in [5.41, 5.74) is 6.07. The molecule has 6 heteroatoms. The maximum Gasteiger partial charge on any atom is 0.255 e. The molecule has 1 saturated heterocycles. The number of likely N-dealkylation sites (tertiary alicyclic amines) is 1. The number of phenolic OH excluding ortho intramolecular Hbond substituents is 1. The number of hydrogen-bond donors (Lipinski definition) is 2. The first-order chi connectivity index (χ1) is 9.56. The van der Waals surface area contributed by atoms with Crippen molar-refractivity contribution in [2.24, 2.45) is 5.73 Å². The summed E-state index contributed by atoms with van der Waals surface area (Å²) in [7, 11) is 1.67. The van der Waals surface area contributed by atoms with E-state index in [-0.39, 0.29) is 23.8 Å². The number of aromatic hydroxyl groups is 1. The van der Waals surface area contributed by atoms with Gasteiger partial charge >= 0.3 is 0 Å². The second-order valence-electron chi connectivity index (χ2n) is 4.93. The van der Waals surface area contributed by atoms with E-state index in [0.717, 1.165) is 12.8 Å². The van der Waals surface area contributed by atoms with Gasteiger partial charge in [-0.05, 0) is 31.0 Å². The van der Waals surface area contributed by atoms with E-state index in [1.165, 1.54) is 18.2 Å². The van der Waals surface area contributed by atoms with Crippen LogP contribution in [0.1, 0.15) is 23.2 Å². The highest BCUT2D eigenvalue weighted by molar-refractivity contribution is 6.33. The van der Waals surface area contributed by atoms with E-state index in [2.05, 4.69) is 0 Å². The molecule has 3 N–H and O–H groups in total. The minimum absolute atomic E-state index is 0.0221. The first-order valence-electron chi connectivity index (χ1n) is 6.59. The molecule has 1 amide bonds. The molecule has 1 heterocycles. The number of ether oxygens (including phenoxy) is 1. The first-order valence-corrected chi connectivity index (χ1v) is 6.97. The Morgan fingerprint density at radius 2 is 2.35 bits per heavy atom. The van der Waals surface area contributed by atoms with Crippen molar-refractivity contribution in [2.75, 3.05) is 20.2 Å². The number of carbonyl (C=O) groups excluding carboxylic acids is 1. The zero-order valence-electron chi connectivity index (χ0n) is 11.4. The Hall–Kier alpha value is -1.30. The van der Waals surface area contributed by atoms with Crippen LogP contribution in [0.25, 0.3) is 0 Å². The number of nitrogens with zero attached hydrogens (tertiary/aromatic N) is 1. The van der Waals surface area contributed by atoms with Crippen molar-refractivity contribution in [3.05, 3.63) is 28.8 Å². The molecule has 1 fully saturated rings. The molecule has 0 aliphatic carbocycles. The van der Waals surface area contributed by atoms with Crippen LogP contribution in [-0.4, -0.2) is 48.3 Å². The summed E-state index contributed by atoms with van der Waals surface area (Å²) in [5.74, 6) is -0.176. The third kappa shape index (κ3) is 3.06. The molecule has 20 heavy (non-hydrogen) atoms. The molecule has 110 valence electrons. The second-order valence-corrected chi connectivity index (χ2v) is 5.34. The summed E-state index contributed by atoms with van der Waals surface area (Å²) in [6.07, 6.45) is 1.62. The van der Waals surface area contributed by atoms with Crippen molar-refractivity contribution in [2.45, 2.75) is 25.0 Å². The van der Waals surface area contributed by atoms with Gasteiger partial charge in [0.2, 0.25) is 0 Å². The molecule has 0 bridgehead atoms. The molecule has 0 saturated carbocycles. The Balaban J connectivity index is 2.21. The molecule has 2 atom stereocenters. The van der Waals surface area contributed by atoms with Crippen LogP contribution in [0.5, 0.6) is 5.75 Å². The van der Waals surface area contributed by atoms with Gasteiger partial charge in [-0.3, -0.25) is 4.79 Å². The molecule has 1 aromatic carbocycles. The molecule has 1 aliphatic rings. The Bertz CT molecular complexity index is 495. The van der Waals surface area contributed by atoms with Gasteiger partial charge in [0.1, 0.15) is 5.75 Å². The highest BCUT2D eigenvalue weighted by Gasteiger charge is 2.32. The lowest BCUT2D eigenvalue weighted by atomic mass is 9.98. The predicted octanol–water partition coefficient (Wildman–Crippen LogP) is 1.62. The minimum atomic E-state index is -0.198. The highest BCUT2D eigenvalue weighted by Crippen LogP contribution is 2.26. The predicted molar refractivity (Wildman–Crippen MR) is 77.0 cm³/mol. The van der Waals surface area contributed by atoms with E-state index in [1.807, 2.05) is 0 Å². The number of phenols is 1. The van der Waals surface area contributed by atoms with E-state index >= 15 is 0 Å². The van der Waals surface area contributed by atoms with Crippen molar-refractivity contribution in [3.63, 3.8) is 0 Å². The van der Waals surface area contributed by atoms with Crippen LogP contribution in [0, 0.1) is 0 Å². The third-order valence-electron chi connectivity index (χ3n) is 3.71.